The number of phenols is 1. The van der Waals surface area contributed by atoms with Crippen LogP contribution in [-0.2, 0) is 11.3 Å². The summed E-state index contributed by atoms with van der Waals surface area (Å²) in [4.78, 5) is 14.7. The molecule has 1 heterocycles. The van der Waals surface area contributed by atoms with E-state index in [0.29, 0.717) is 13.1 Å². The van der Waals surface area contributed by atoms with E-state index in [4.69, 9.17) is 4.74 Å². The van der Waals surface area contributed by atoms with E-state index in [0.717, 1.165) is 37.9 Å². The number of urea groups is 1. The first-order valence-electron chi connectivity index (χ1n) is 9.66. The second-order valence-corrected chi connectivity index (χ2v) is 7.28. The number of carbonyl (C=O) groups is 1. The summed E-state index contributed by atoms with van der Waals surface area (Å²) >= 11 is 0. The SMILES string of the molecule is O=C(NC1CCCCCC1)N(Cc1ccccc1O)CC1CCCO1. The minimum Gasteiger partial charge on any atom is -0.508 e. The van der Waals surface area contributed by atoms with E-state index in [1.165, 1.54) is 25.7 Å². The summed E-state index contributed by atoms with van der Waals surface area (Å²) in [6.07, 6.45) is 9.20. The lowest BCUT2D eigenvalue weighted by atomic mass is 10.1. The lowest BCUT2D eigenvalue weighted by Gasteiger charge is -2.28. The number of hydrogen-bond donors (Lipinski definition) is 2. The van der Waals surface area contributed by atoms with Gasteiger partial charge in [0.25, 0.3) is 0 Å². The largest absolute Gasteiger partial charge is 0.508 e. The second-order valence-electron chi connectivity index (χ2n) is 7.28. The van der Waals surface area contributed by atoms with Gasteiger partial charge in [-0.25, -0.2) is 4.79 Å². The number of amides is 2. The highest BCUT2D eigenvalue weighted by molar-refractivity contribution is 5.74. The Labute approximate surface area is 150 Å². The van der Waals surface area contributed by atoms with Crippen LogP contribution in [0, 0.1) is 0 Å². The van der Waals surface area contributed by atoms with Crippen LogP contribution in [0.3, 0.4) is 0 Å². The average Bonchev–Trinajstić information content (AvgIpc) is 2.99. The Bertz CT molecular complexity index is 550. The predicted molar refractivity (Wildman–Crippen MR) is 97.5 cm³/mol. The molecule has 1 aliphatic heterocycles. The minimum absolute atomic E-state index is 0.0364. The number of ether oxygens (including phenoxy) is 1. The summed E-state index contributed by atoms with van der Waals surface area (Å²) in [5.41, 5.74) is 0.775. The van der Waals surface area contributed by atoms with Gasteiger partial charge in [-0.1, -0.05) is 43.9 Å². The monoisotopic (exact) mass is 346 g/mol. The van der Waals surface area contributed by atoms with E-state index in [1.54, 1.807) is 17.0 Å². The smallest absolute Gasteiger partial charge is 0.318 e. The molecule has 1 aromatic carbocycles. The number of rotatable bonds is 5. The van der Waals surface area contributed by atoms with Crippen molar-refractivity contribution in [3.8, 4) is 5.75 Å². The van der Waals surface area contributed by atoms with Crippen molar-refractivity contribution in [3.05, 3.63) is 29.8 Å². The molecule has 1 saturated carbocycles. The molecular weight excluding hydrogens is 316 g/mol. The second kappa shape index (κ2) is 9.09. The van der Waals surface area contributed by atoms with Gasteiger partial charge in [-0.2, -0.15) is 0 Å². The molecule has 0 radical (unpaired) electrons. The lowest BCUT2D eigenvalue weighted by molar-refractivity contribution is 0.0785. The quantitative estimate of drug-likeness (QED) is 0.797. The summed E-state index contributed by atoms with van der Waals surface area (Å²) in [6, 6.07) is 7.47. The fraction of sp³-hybridized carbons (Fsp3) is 0.650. The number of benzene rings is 1. The first-order valence-corrected chi connectivity index (χ1v) is 9.66. The molecule has 2 aliphatic rings. The standard InChI is InChI=1S/C20H30N2O3/c23-19-12-6-5-8-16(19)14-22(15-18-11-7-13-25-18)20(24)21-17-9-3-1-2-4-10-17/h5-6,8,12,17-18,23H,1-4,7,9-11,13-15H2,(H,21,24). The van der Waals surface area contributed by atoms with Gasteiger partial charge in [-0.3, -0.25) is 0 Å². The van der Waals surface area contributed by atoms with Crippen molar-refractivity contribution in [3.63, 3.8) is 0 Å². The zero-order valence-corrected chi connectivity index (χ0v) is 15.0. The molecule has 0 aromatic heterocycles. The van der Waals surface area contributed by atoms with E-state index < -0.39 is 0 Å². The van der Waals surface area contributed by atoms with Gasteiger partial charge in [-0.15, -0.1) is 0 Å². The predicted octanol–water partition coefficient (Wildman–Crippen LogP) is 3.81. The first kappa shape index (κ1) is 18.1. The molecular formula is C20H30N2O3. The highest BCUT2D eigenvalue weighted by Gasteiger charge is 2.25. The minimum atomic E-state index is -0.0364. The number of aromatic hydroxyl groups is 1. The van der Waals surface area contributed by atoms with Crippen LogP contribution in [0.5, 0.6) is 5.75 Å². The van der Waals surface area contributed by atoms with Crippen LogP contribution in [0.1, 0.15) is 56.9 Å². The zero-order chi connectivity index (χ0) is 17.5. The number of nitrogens with zero attached hydrogens (tertiary/aromatic N) is 1. The normalized spacial score (nSPS) is 21.7. The Morgan fingerprint density at radius 2 is 1.88 bits per heavy atom. The Kier molecular flexibility index (Phi) is 6.56. The number of hydrogen-bond acceptors (Lipinski definition) is 3. The molecule has 2 N–H and O–H groups in total. The maximum absolute atomic E-state index is 12.9. The average molecular weight is 346 g/mol. The maximum Gasteiger partial charge on any atom is 0.318 e. The summed E-state index contributed by atoms with van der Waals surface area (Å²) in [7, 11) is 0. The van der Waals surface area contributed by atoms with Crippen LogP contribution in [0.4, 0.5) is 4.79 Å². The molecule has 1 saturated heterocycles. The molecule has 5 heteroatoms. The van der Waals surface area contributed by atoms with Gasteiger partial charge in [0.05, 0.1) is 12.6 Å². The van der Waals surface area contributed by atoms with Crippen LogP contribution in [0.25, 0.3) is 0 Å². The van der Waals surface area contributed by atoms with Gasteiger partial charge in [-0.05, 0) is 31.7 Å². The highest BCUT2D eigenvalue weighted by atomic mass is 16.5. The molecule has 25 heavy (non-hydrogen) atoms. The third kappa shape index (κ3) is 5.36. The third-order valence-corrected chi connectivity index (χ3v) is 5.27. The number of nitrogens with one attached hydrogen (secondary N) is 1. The van der Waals surface area contributed by atoms with Crippen molar-refractivity contribution in [2.45, 2.75) is 70.1 Å². The molecule has 5 nitrogen and oxygen atoms in total. The molecule has 2 amide bonds. The Balaban J connectivity index is 1.65. The van der Waals surface area contributed by atoms with Crippen LogP contribution >= 0.6 is 0 Å². The van der Waals surface area contributed by atoms with Crippen molar-refractivity contribution >= 4 is 6.03 Å². The third-order valence-electron chi connectivity index (χ3n) is 5.27. The molecule has 1 aromatic rings. The molecule has 138 valence electrons. The van der Waals surface area contributed by atoms with Crippen LogP contribution in [-0.4, -0.2) is 41.3 Å². The van der Waals surface area contributed by atoms with Crippen molar-refractivity contribution in [1.82, 2.24) is 10.2 Å². The summed E-state index contributed by atoms with van der Waals surface area (Å²) in [5.74, 6) is 0.238. The topological polar surface area (TPSA) is 61.8 Å². The molecule has 1 aliphatic carbocycles. The number of phenolic OH excluding ortho intramolecular Hbond substituents is 1. The Morgan fingerprint density at radius 1 is 1.12 bits per heavy atom. The fourth-order valence-corrected chi connectivity index (χ4v) is 3.79. The van der Waals surface area contributed by atoms with E-state index in [2.05, 4.69) is 5.32 Å². The van der Waals surface area contributed by atoms with Crippen LogP contribution < -0.4 is 5.32 Å². The maximum atomic E-state index is 12.9. The van der Waals surface area contributed by atoms with Crippen molar-refractivity contribution < 1.29 is 14.6 Å². The van der Waals surface area contributed by atoms with Crippen molar-refractivity contribution in [1.29, 1.82) is 0 Å². The molecule has 0 spiro atoms. The fourth-order valence-electron chi connectivity index (χ4n) is 3.79. The summed E-state index contributed by atoms with van der Waals surface area (Å²) in [5, 5.41) is 13.3. The number of para-hydroxylation sites is 1. The van der Waals surface area contributed by atoms with Crippen molar-refractivity contribution in [2.75, 3.05) is 13.2 Å². The summed E-state index contributed by atoms with van der Waals surface area (Å²) in [6.45, 7) is 1.76. The lowest BCUT2D eigenvalue weighted by Crippen LogP contribution is -2.47. The Morgan fingerprint density at radius 3 is 2.56 bits per heavy atom. The highest BCUT2D eigenvalue weighted by Crippen LogP contribution is 2.21. The van der Waals surface area contributed by atoms with Gasteiger partial charge in [0.2, 0.25) is 0 Å². The molecule has 2 fully saturated rings. The van der Waals surface area contributed by atoms with Gasteiger partial charge < -0.3 is 20.1 Å². The van der Waals surface area contributed by atoms with E-state index in [9.17, 15) is 9.90 Å². The van der Waals surface area contributed by atoms with Crippen LogP contribution in [0.2, 0.25) is 0 Å². The van der Waals surface area contributed by atoms with E-state index >= 15 is 0 Å². The van der Waals surface area contributed by atoms with E-state index in [1.807, 2.05) is 12.1 Å². The molecule has 3 rings (SSSR count). The van der Waals surface area contributed by atoms with E-state index in [-0.39, 0.29) is 23.9 Å². The van der Waals surface area contributed by atoms with Crippen molar-refractivity contribution in [2.24, 2.45) is 0 Å². The first-order chi connectivity index (χ1) is 12.2. The molecule has 1 atom stereocenters. The number of carbonyl (C=O) groups excluding carboxylic acids is 1. The van der Waals surface area contributed by atoms with Crippen LogP contribution in [0.15, 0.2) is 24.3 Å². The molecule has 1 unspecified atom stereocenters. The van der Waals surface area contributed by atoms with Gasteiger partial charge in [0, 0.05) is 24.8 Å². The van der Waals surface area contributed by atoms with Gasteiger partial charge in [0.1, 0.15) is 5.75 Å². The molecule has 0 bridgehead atoms. The summed E-state index contributed by atoms with van der Waals surface area (Å²) < 4.78 is 5.73. The van der Waals surface area contributed by atoms with Gasteiger partial charge >= 0.3 is 6.03 Å². The Hall–Kier alpha value is -1.75. The zero-order valence-electron chi connectivity index (χ0n) is 15.0. The van der Waals surface area contributed by atoms with Gasteiger partial charge in [0.15, 0.2) is 0 Å².